The molecule has 0 saturated heterocycles. The van der Waals surface area contributed by atoms with Gasteiger partial charge in [0.25, 0.3) is 5.91 Å². The van der Waals surface area contributed by atoms with Crippen LogP contribution in [-0.4, -0.2) is 30.3 Å². The number of hydrogen-bond acceptors (Lipinski definition) is 2. The van der Waals surface area contributed by atoms with Crippen LogP contribution in [0.2, 0.25) is 0 Å². The van der Waals surface area contributed by atoms with Crippen LogP contribution in [0.3, 0.4) is 0 Å². The molecule has 0 aliphatic heterocycles. The van der Waals surface area contributed by atoms with Crippen LogP contribution in [0, 0.1) is 6.92 Å². The molecule has 2 N–H and O–H groups in total. The van der Waals surface area contributed by atoms with Gasteiger partial charge in [0.15, 0.2) is 0 Å². The number of carbonyl (C=O) groups excluding carboxylic acids is 2. The molecule has 114 valence electrons. The molecule has 0 atom stereocenters. The summed E-state index contributed by atoms with van der Waals surface area (Å²) in [6.07, 6.45) is 0.789. The first-order valence-electron chi connectivity index (χ1n) is 7.18. The quantitative estimate of drug-likeness (QED) is 0.921. The smallest absolute Gasteiger partial charge is 0.253 e. The van der Waals surface area contributed by atoms with Crippen LogP contribution in [0.15, 0.2) is 48.5 Å². The first-order valence-corrected chi connectivity index (χ1v) is 7.18. The molecule has 0 saturated carbocycles. The van der Waals surface area contributed by atoms with E-state index in [0.29, 0.717) is 17.7 Å². The third kappa shape index (κ3) is 3.95. The second-order valence-electron chi connectivity index (χ2n) is 5.41. The molecule has 2 amide bonds. The highest BCUT2D eigenvalue weighted by Crippen LogP contribution is 2.12. The van der Waals surface area contributed by atoms with Gasteiger partial charge < -0.3 is 10.6 Å². The van der Waals surface area contributed by atoms with Crippen molar-refractivity contribution >= 4 is 11.8 Å². The Morgan fingerprint density at radius 3 is 2.32 bits per heavy atom. The molecule has 0 spiro atoms. The summed E-state index contributed by atoms with van der Waals surface area (Å²) in [6, 6.07) is 15.0. The molecule has 0 heterocycles. The summed E-state index contributed by atoms with van der Waals surface area (Å²) < 4.78 is 0. The average molecular weight is 296 g/mol. The summed E-state index contributed by atoms with van der Waals surface area (Å²) in [4.78, 5) is 25.4. The van der Waals surface area contributed by atoms with Gasteiger partial charge in [-0.15, -0.1) is 0 Å². The van der Waals surface area contributed by atoms with E-state index < -0.39 is 5.91 Å². The minimum absolute atomic E-state index is 0.109. The van der Waals surface area contributed by atoms with E-state index in [1.54, 1.807) is 30.1 Å². The Morgan fingerprint density at radius 1 is 1.05 bits per heavy atom. The summed E-state index contributed by atoms with van der Waals surface area (Å²) in [7, 11) is 1.76. The lowest BCUT2D eigenvalue weighted by Crippen LogP contribution is -2.29. The van der Waals surface area contributed by atoms with E-state index in [0.717, 1.165) is 12.0 Å². The maximum Gasteiger partial charge on any atom is 0.253 e. The maximum atomic E-state index is 12.5. The minimum Gasteiger partial charge on any atom is -0.366 e. The lowest BCUT2D eigenvalue weighted by molar-refractivity contribution is 0.0796. The molecular weight excluding hydrogens is 276 g/mol. The molecule has 4 nitrogen and oxygen atoms in total. The van der Waals surface area contributed by atoms with Gasteiger partial charge in [-0.1, -0.05) is 30.3 Å². The van der Waals surface area contributed by atoms with Crippen molar-refractivity contribution in [3.05, 3.63) is 70.8 Å². The van der Waals surface area contributed by atoms with Gasteiger partial charge in [-0.3, -0.25) is 9.59 Å². The van der Waals surface area contributed by atoms with Crippen molar-refractivity contribution in [2.45, 2.75) is 13.3 Å². The fraction of sp³-hybridized carbons (Fsp3) is 0.222. The Hall–Kier alpha value is -2.62. The van der Waals surface area contributed by atoms with Gasteiger partial charge in [-0.25, -0.2) is 0 Å². The molecule has 22 heavy (non-hydrogen) atoms. The Labute approximate surface area is 130 Å². The standard InChI is InChI=1S/C18H20N2O2/c1-13-10-15(17(19)21)12-16(11-13)18(22)20(2)9-8-14-6-4-3-5-7-14/h3-7,10-12H,8-9H2,1-2H3,(H2,19,21). The second-order valence-corrected chi connectivity index (χ2v) is 5.41. The van der Waals surface area contributed by atoms with Crippen LogP contribution >= 0.6 is 0 Å². The van der Waals surface area contributed by atoms with Crippen LogP contribution in [0.4, 0.5) is 0 Å². The molecule has 2 rings (SSSR count). The Morgan fingerprint density at radius 2 is 1.68 bits per heavy atom. The predicted molar refractivity (Wildman–Crippen MR) is 86.8 cm³/mol. The van der Waals surface area contributed by atoms with Gasteiger partial charge in [-0.05, 0) is 42.7 Å². The van der Waals surface area contributed by atoms with Crippen LogP contribution in [0.1, 0.15) is 31.8 Å². The van der Waals surface area contributed by atoms with Crippen molar-refractivity contribution in [3.63, 3.8) is 0 Å². The van der Waals surface area contributed by atoms with Crippen molar-refractivity contribution in [1.82, 2.24) is 4.90 Å². The Kier molecular flexibility index (Phi) is 4.94. The Bertz CT molecular complexity index is 681. The first kappa shape index (κ1) is 15.8. The number of amides is 2. The zero-order chi connectivity index (χ0) is 16.1. The molecule has 0 aromatic heterocycles. The average Bonchev–Trinajstić information content (AvgIpc) is 2.52. The van der Waals surface area contributed by atoms with Crippen molar-refractivity contribution in [1.29, 1.82) is 0 Å². The Balaban J connectivity index is 2.08. The molecule has 0 aliphatic rings. The zero-order valence-corrected chi connectivity index (χ0v) is 12.9. The molecule has 2 aromatic rings. The largest absolute Gasteiger partial charge is 0.366 e. The molecule has 0 aliphatic carbocycles. The van der Waals surface area contributed by atoms with Gasteiger partial charge in [-0.2, -0.15) is 0 Å². The summed E-state index contributed by atoms with van der Waals surface area (Å²) in [5.74, 6) is -0.633. The second kappa shape index (κ2) is 6.89. The van der Waals surface area contributed by atoms with E-state index in [2.05, 4.69) is 0 Å². The van der Waals surface area contributed by atoms with E-state index >= 15 is 0 Å². The molecule has 0 radical (unpaired) electrons. The summed E-state index contributed by atoms with van der Waals surface area (Å²) in [6.45, 7) is 2.45. The number of carbonyl (C=O) groups is 2. The fourth-order valence-electron chi connectivity index (χ4n) is 2.31. The van der Waals surface area contributed by atoms with Crippen molar-refractivity contribution in [2.75, 3.05) is 13.6 Å². The first-order chi connectivity index (χ1) is 10.5. The zero-order valence-electron chi connectivity index (χ0n) is 12.9. The van der Waals surface area contributed by atoms with Crippen LogP contribution in [0.25, 0.3) is 0 Å². The topological polar surface area (TPSA) is 63.4 Å². The molecule has 0 bridgehead atoms. The number of aryl methyl sites for hydroxylation is 1. The van der Waals surface area contributed by atoms with Crippen molar-refractivity contribution in [2.24, 2.45) is 5.73 Å². The van der Waals surface area contributed by atoms with Gasteiger partial charge in [0.05, 0.1) is 0 Å². The highest BCUT2D eigenvalue weighted by Gasteiger charge is 2.14. The number of primary amides is 1. The molecule has 4 heteroatoms. The lowest BCUT2D eigenvalue weighted by Gasteiger charge is -2.18. The summed E-state index contributed by atoms with van der Waals surface area (Å²) >= 11 is 0. The fourth-order valence-corrected chi connectivity index (χ4v) is 2.31. The number of nitrogens with two attached hydrogens (primary N) is 1. The third-order valence-electron chi connectivity index (χ3n) is 3.53. The van der Waals surface area contributed by atoms with E-state index in [1.807, 2.05) is 37.3 Å². The molecular formula is C18H20N2O2. The van der Waals surface area contributed by atoms with E-state index in [4.69, 9.17) is 5.73 Å². The van der Waals surface area contributed by atoms with Gasteiger partial charge in [0.1, 0.15) is 0 Å². The van der Waals surface area contributed by atoms with E-state index in [-0.39, 0.29) is 5.91 Å². The van der Waals surface area contributed by atoms with Gasteiger partial charge in [0.2, 0.25) is 5.91 Å². The molecule has 0 unspecified atom stereocenters. The predicted octanol–water partition coefficient (Wildman–Crippen LogP) is 2.41. The lowest BCUT2D eigenvalue weighted by atomic mass is 10.0. The van der Waals surface area contributed by atoms with Crippen molar-refractivity contribution in [3.8, 4) is 0 Å². The minimum atomic E-state index is -0.523. The SMILES string of the molecule is Cc1cc(C(N)=O)cc(C(=O)N(C)CCc2ccccc2)c1. The highest BCUT2D eigenvalue weighted by molar-refractivity contribution is 5.99. The summed E-state index contributed by atoms with van der Waals surface area (Å²) in [5, 5.41) is 0. The number of rotatable bonds is 5. The normalized spacial score (nSPS) is 10.3. The van der Waals surface area contributed by atoms with Crippen LogP contribution in [-0.2, 0) is 6.42 Å². The molecule has 2 aromatic carbocycles. The number of hydrogen-bond donors (Lipinski definition) is 1. The van der Waals surface area contributed by atoms with E-state index in [1.165, 1.54) is 5.56 Å². The monoisotopic (exact) mass is 296 g/mol. The third-order valence-corrected chi connectivity index (χ3v) is 3.53. The maximum absolute atomic E-state index is 12.5. The number of benzene rings is 2. The summed E-state index contributed by atoms with van der Waals surface area (Å²) in [5.41, 5.74) is 8.18. The van der Waals surface area contributed by atoms with Gasteiger partial charge >= 0.3 is 0 Å². The van der Waals surface area contributed by atoms with Crippen molar-refractivity contribution < 1.29 is 9.59 Å². The van der Waals surface area contributed by atoms with Crippen LogP contribution in [0.5, 0.6) is 0 Å². The number of likely N-dealkylation sites (N-methyl/N-ethyl adjacent to an activating group) is 1. The van der Waals surface area contributed by atoms with Crippen LogP contribution < -0.4 is 5.73 Å². The van der Waals surface area contributed by atoms with Gasteiger partial charge in [0, 0.05) is 24.7 Å². The molecule has 0 fully saturated rings. The highest BCUT2D eigenvalue weighted by atomic mass is 16.2. The number of nitrogens with zero attached hydrogens (tertiary/aromatic N) is 1. The van der Waals surface area contributed by atoms with E-state index in [9.17, 15) is 9.59 Å².